The van der Waals surface area contributed by atoms with Crippen LogP contribution in [-0.2, 0) is 11.0 Å². The Morgan fingerprint density at radius 1 is 1.43 bits per heavy atom. The van der Waals surface area contributed by atoms with E-state index in [1.54, 1.807) is 12.4 Å². The first kappa shape index (κ1) is 16.8. The lowest BCUT2D eigenvalue weighted by Crippen LogP contribution is -2.14. The molecule has 0 atom stereocenters. The average molecular weight is 316 g/mol. The quantitative estimate of drug-likeness (QED) is 0.380. The van der Waals surface area contributed by atoms with Crippen LogP contribution in [0.25, 0.3) is 0 Å². The molecule has 1 amide bonds. The van der Waals surface area contributed by atoms with Gasteiger partial charge in [0.15, 0.2) is 11.4 Å². The highest BCUT2D eigenvalue weighted by molar-refractivity contribution is 8.13. The summed E-state index contributed by atoms with van der Waals surface area (Å²) in [6.45, 7) is 1.12. The molecule has 1 aromatic rings. The zero-order valence-corrected chi connectivity index (χ0v) is 11.9. The fourth-order valence-corrected chi connectivity index (χ4v) is 1.77. The van der Waals surface area contributed by atoms with E-state index in [0.29, 0.717) is 0 Å². The molecule has 0 unspecified atom stereocenters. The minimum atomic E-state index is -4.63. The van der Waals surface area contributed by atoms with Crippen LogP contribution in [0.5, 0.6) is 0 Å². The van der Waals surface area contributed by atoms with E-state index in [-0.39, 0.29) is 16.5 Å². The second kappa shape index (κ2) is 6.99. The number of thioether (sulfide) groups is 1. The van der Waals surface area contributed by atoms with Crippen molar-refractivity contribution in [1.29, 1.82) is 5.26 Å². The Bertz CT molecular complexity index is 608. The van der Waals surface area contributed by atoms with Crippen molar-refractivity contribution < 1.29 is 18.0 Å². The number of halogens is 3. The molecule has 0 aliphatic rings. The summed E-state index contributed by atoms with van der Waals surface area (Å²) in [5.41, 5.74) is -1.33. The van der Waals surface area contributed by atoms with E-state index in [1.165, 1.54) is 6.07 Å². The van der Waals surface area contributed by atoms with Crippen molar-refractivity contribution >= 4 is 34.2 Å². The van der Waals surface area contributed by atoms with Gasteiger partial charge in [-0.25, -0.2) is 4.99 Å². The zero-order valence-electron chi connectivity index (χ0n) is 11.1. The molecule has 0 heterocycles. The number of rotatable bonds is 2. The third-order valence-electron chi connectivity index (χ3n) is 2.21. The number of amides is 1. The molecule has 0 bridgehead atoms. The van der Waals surface area contributed by atoms with Crippen LogP contribution >= 0.6 is 11.8 Å². The second-order valence-electron chi connectivity index (χ2n) is 3.77. The molecular formula is C12H11F3N4OS. The summed E-state index contributed by atoms with van der Waals surface area (Å²) in [5, 5.41) is 13.0. The number of aliphatic imine (C=N–C) groups is 1. The summed E-state index contributed by atoms with van der Waals surface area (Å²) in [4.78, 5) is 14.8. The van der Waals surface area contributed by atoms with Gasteiger partial charge in [-0.15, -0.1) is 0 Å². The molecule has 0 saturated carbocycles. The Hall–Kier alpha value is -2.21. The van der Waals surface area contributed by atoms with E-state index >= 15 is 0 Å². The van der Waals surface area contributed by atoms with E-state index in [1.807, 2.05) is 0 Å². The molecule has 9 heteroatoms. The molecular weight excluding hydrogens is 305 g/mol. The molecule has 0 spiro atoms. The van der Waals surface area contributed by atoms with Crippen LogP contribution in [-0.4, -0.2) is 17.3 Å². The van der Waals surface area contributed by atoms with Gasteiger partial charge in [-0.2, -0.15) is 18.4 Å². The number of amidine groups is 1. The number of carbonyl (C=O) groups is 1. The fourth-order valence-electron chi connectivity index (χ4n) is 1.42. The molecule has 0 saturated heterocycles. The summed E-state index contributed by atoms with van der Waals surface area (Å²) >= 11 is 1.08. The fraction of sp³-hybridized carbons (Fsp3) is 0.250. The molecule has 0 radical (unpaired) electrons. The standard InChI is InChI=1S/C12H11F3N4OS/c1-7(20)18-10-4-3-8(5-9(10)12(13,14)15)19-11(21-2)17-6-16/h3-5H,1-2H3,(H,17,19)(H,18,20). The van der Waals surface area contributed by atoms with Gasteiger partial charge in [-0.3, -0.25) is 10.1 Å². The first-order valence-corrected chi connectivity index (χ1v) is 6.77. The highest BCUT2D eigenvalue weighted by atomic mass is 32.2. The predicted octanol–water partition coefficient (Wildman–Crippen LogP) is 3.08. The number of carbonyl (C=O) groups excluding carboxylic acids is 1. The smallest absolute Gasteiger partial charge is 0.326 e. The first-order chi connectivity index (χ1) is 9.77. The van der Waals surface area contributed by atoms with E-state index in [2.05, 4.69) is 15.6 Å². The van der Waals surface area contributed by atoms with Crippen LogP contribution in [0, 0.1) is 11.5 Å². The molecule has 0 aliphatic carbocycles. The monoisotopic (exact) mass is 316 g/mol. The van der Waals surface area contributed by atoms with Crippen LogP contribution in [0.3, 0.4) is 0 Å². The molecule has 112 valence electrons. The van der Waals surface area contributed by atoms with Gasteiger partial charge in [0.25, 0.3) is 0 Å². The van der Waals surface area contributed by atoms with E-state index in [0.717, 1.165) is 30.8 Å². The summed E-state index contributed by atoms with van der Waals surface area (Å²) in [6.07, 6.45) is -1.37. The molecule has 1 rings (SSSR count). The van der Waals surface area contributed by atoms with Crippen molar-refractivity contribution in [3.63, 3.8) is 0 Å². The third kappa shape index (κ3) is 5.00. The topological polar surface area (TPSA) is 77.3 Å². The zero-order chi connectivity index (χ0) is 16.0. The summed E-state index contributed by atoms with van der Waals surface area (Å²) < 4.78 is 38.9. The van der Waals surface area contributed by atoms with E-state index in [4.69, 9.17) is 5.26 Å². The van der Waals surface area contributed by atoms with Crippen LogP contribution in [0.2, 0.25) is 0 Å². The van der Waals surface area contributed by atoms with Gasteiger partial charge >= 0.3 is 6.18 Å². The summed E-state index contributed by atoms with van der Waals surface area (Å²) in [6, 6.07) is 3.24. The van der Waals surface area contributed by atoms with Crippen LogP contribution in [0.4, 0.5) is 24.5 Å². The number of anilines is 1. The van der Waals surface area contributed by atoms with Gasteiger partial charge < -0.3 is 5.32 Å². The van der Waals surface area contributed by atoms with Crippen LogP contribution in [0.1, 0.15) is 12.5 Å². The highest BCUT2D eigenvalue weighted by Crippen LogP contribution is 2.37. The van der Waals surface area contributed by atoms with Crippen molar-refractivity contribution in [2.24, 2.45) is 4.99 Å². The Labute approximate surface area is 123 Å². The van der Waals surface area contributed by atoms with Gasteiger partial charge in [0.1, 0.15) is 0 Å². The Morgan fingerprint density at radius 3 is 2.57 bits per heavy atom. The van der Waals surface area contributed by atoms with Gasteiger partial charge in [0.2, 0.25) is 5.91 Å². The lowest BCUT2D eigenvalue weighted by molar-refractivity contribution is -0.136. The number of benzene rings is 1. The van der Waals surface area contributed by atoms with Gasteiger partial charge in [-0.1, -0.05) is 11.8 Å². The normalized spacial score (nSPS) is 11.7. The number of nitrogens with zero attached hydrogens (tertiary/aromatic N) is 2. The maximum Gasteiger partial charge on any atom is 0.418 e. The van der Waals surface area contributed by atoms with Crippen LogP contribution in [0.15, 0.2) is 23.2 Å². The predicted molar refractivity (Wildman–Crippen MR) is 75.1 cm³/mol. The maximum absolute atomic E-state index is 13.0. The van der Waals surface area contributed by atoms with Crippen molar-refractivity contribution in [3.8, 4) is 6.19 Å². The first-order valence-electron chi connectivity index (χ1n) is 5.54. The number of hydrogen-bond acceptors (Lipinski definition) is 4. The molecule has 5 nitrogen and oxygen atoms in total. The van der Waals surface area contributed by atoms with Crippen molar-refractivity contribution in [2.75, 3.05) is 11.6 Å². The van der Waals surface area contributed by atoms with Crippen LogP contribution < -0.4 is 10.6 Å². The molecule has 0 aromatic heterocycles. The largest absolute Gasteiger partial charge is 0.418 e. The molecule has 1 aromatic carbocycles. The second-order valence-corrected chi connectivity index (χ2v) is 4.56. The Morgan fingerprint density at radius 2 is 2.10 bits per heavy atom. The highest BCUT2D eigenvalue weighted by Gasteiger charge is 2.34. The van der Waals surface area contributed by atoms with Crippen molar-refractivity contribution in [3.05, 3.63) is 23.8 Å². The van der Waals surface area contributed by atoms with E-state index in [9.17, 15) is 18.0 Å². The average Bonchev–Trinajstić information content (AvgIpc) is 2.38. The number of alkyl halides is 3. The SMILES string of the molecule is CSC(=Nc1ccc(NC(C)=O)c(C(F)(F)F)c1)NC#N. The van der Waals surface area contributed by atoms with Crippen molar-refractivity contribution in [1.82, 2.24) is 5.32 Å². The lowest BCUT2D eigenvalue weighted by atomic mass is 10.1. The molecule has 21 heavy (non-hydrogen) atoms. The van der Waals surface area contributed by atoms with E-state index < -0.39 is 17.6 Å². The number of nitrogens with one attached hydrogen (secondary N) is 2. The van der Waals surface area contributed by atoms with Gasteiger partial charge in [0.05, 0.1) is 16.9 Å². The number of hydrogen-bond donors (Lipinski definition) is 2. The molecule has 2 N–H and O–H groups in total. The Balaban J connectivity index is 3.28. The lowest BCUT2D eigenvalue weighted by Gasteiger charge is -2.13. The summed E-state index contributed by atoms with van der Waals surface area (Å²) in [7, 11) is 0. The third-order valence-corrected chi connectivity index (χ3v) is 2.79. The van der Waals surface area contributed by atoms with Crippen molar-refractivity contribution in [2.45, 2.75) is 13.1 Å². The molecule has 0 aliphatic heterocycles. The number of nitriles is 1. The molecule has 0 fully saturated rings. The summed E-state index contributed by atoms with van der Waals surface area (Å²) in [5.74, 6) is -0.604. The maximum atomic E-state index is 13.0. The minimum Gasteiger partial charge on any atom is -0.326 e. The van der Waals surface area contributed by atoms with Gasteiger partial charge in [0, 0.05) is 6.92 Å². The van der Waals surface area contributed by atoms with Gasteiger partial charge in [-0.05, 0) is 24.5 Å². The Kier molecular flexibility index (Phi) is 5.60. The minimum absolute atomic E-state index is 0.0172.